The molecule has 146 valence electrons. The van der Waals surface area contributed by atoms with Crippen molar-refractivity contribution in [2.24, 2.45) is 5.92 Å². The quantitative estimate of drug-likeness (QED) is 0.814. The van der Waals surface area contributed by atoms with Crippen LogP contribution >= 0.6 is 0 Å². The summed E-state index contributed by atoms with van der Waals surface area (Å²) >= 11 is 0. The maximum Gasteiger partial charge on any atom is 0.261 e. The van der Waals surface area contributed by atoms with Crippen molar-refractivity contribution in [3.8, 4) is 0 Å². The average molecular weight is 376 g/mol. The first-order valence-electron chi connectivity index (χ1n) is 9.19. The topological polar surface area (TPSA) is 76.5 Å². The van der Waals surface area contributed by atoms with Crippen molar-refractivity contribution < 1.29 is 13.9 Å². The van der Waals surface area contributed by atoms with E-state index in [-0.39, 0.29) is 23.9 Å². The Morgan fingerprint density at radius 1 is 1.33 bits per heavy atom. The third-order valence-corrected chi connectivity index (χ3v) is 4.89. The number of carbonyl (C=O) groups excluding carboxylic acids is 1. The predicted molar refractivity (Wildman–Crippen MR) is 100.0 cm³/mol. The minimum Gasteiger partial charge on any atom is -0.379 e. The van der Waals surface area contributed by atoms with E-state index >= 15 is 0 Å². The van der Waals surface area contributed by atoms with E-state index in [1.165, 1.54) is 23.0 Å². The van der Waals surface area contributed by atoms with Crippen LogP contribution in [0.2, 0.25) is 0 Å². The molecule has 1 atom stereocenters. The van der Waals surface area contributed by atoms with Crippen molar-refractivity contribution >= 4 is 16.8 Å². The molecule has 1 amide bonds. The lowest BCUT2D eigenvalue weighted by Gasteiger charge is -2.36. The molecule has 0 aliphatic carbocycles. The van der Waals surface area contributed by atoms with E-state index in [2.05, 4.69) is 29.0 Å². The summed E-state index contributed by atoms with van der Waals surface area (Å²) in [5, 5.41) is 3.08. The molecule has 8 heteroatoms. The Hall–Kier alpha value is -2.32. The average Bonchev–Trinajstić information content (AvgIpc) is 2.65. The van der Waals surface area contributed by atoms with Crippen LogP contribution in [-0.4, -0.2) is 59.2 Å². The van der Waals surface area contributed by atoms with Gasteiger partial charge in [-0.05, 0) is 24.1 Å². The van der Waals surface area contributed by atoms with Crippen LogP contribution in [0.15, 0.2) is 29.3 Å². The summed E-state index contributed by atoms with van der Waals surface area (Å²) in [4.78, 5) is 31.3. The summed E-state index contributed by atoms with van der Waals surface area (Å²) in [5.74, 6) is -0.404. The molecule has 1 aromatic carbocycles. The molecule has 1 saturated heterocycles. The third kappa shape index (κ3) is 4.70. The van der Waals surface area contributed by atoms with Gasteiger partial charge in [0.15, 0.2) is 0 Å². The molecule has 0 spiro atoms. The van der Waals surface area contributed by atoms with Crippen molar-refractivity contribution in [3.63, 3.8) is 0 Å². The largest absolute Gasteiger partial charge is 0.379 e. The number of ether oxygens (including phenoxy) is 1. The molecule has 1 aliphatic heterocycles. The molecule has 3 rings (SSSR count). The van der Waals surface area contributed by atoms with Gasteiger partial charge < -0.3 is 10.1 Å². The number of benzene rings is 1. The molecule has 2 aromatic rings. The highest BCUT2D eigenvalue weighted by Crippen LogP contribution is 2.12. The summed E-state index contributed by atoms with van der Waals surface area (Å²) in [6, 6.07) is 4.06. The second kappa shape index (κ2) is 8.58. The van der Waals surface area contributed by atoms with Crippen LogP contribution in [0.25, 0.3) is 10.9 Å². The molecule has 1 aliphatic rings. The molecule has 0 radical (unpaired) electrons. The molecule has 27 heavy (non-hydrogen) atoms. The van der Waals surface area contributed by atoms with Gasteiger partial charge in [-0.3, -0.25) is 19.1 Å². The van der Waals surface area contributed by atoms with E-state index in [4.69, 9.17) is 4.74 Å². The van der Waals surface area contributed by atoms with Crippen LogP contribution in [0.3, 0.4) is 0 Å². The SMILES string of the molecule is CC(C)[C@H](CNC(=O)Cn1cnc2ccc(F)cc2c1=O)N1CCOCC1. The standard InChI is InChI=1S/C19H25FN4O3/c1-13(2)17(23-5-7-27-8-6-23)10-21-18(25)11-24-12-22-16-4-3-14(20)9-15(16)19(24)26/h3-4,9,12-13,17H,5-8,10-11H2,1-2H3,(H,21,25)/t17-/m0/s1. The Morgan fingerprint density at radius 3 is 2.78 bits per heavy atom. The molecule has 0 unspecified atom stereocenters. The van der Waals surface area contributed by atoms with Crippen molar-refractivity contribution in [2.75, 3.05) is 32.8 Å². The number of morpholine rings is 1. The van der Waals surface area contributed by atoms with Gasteiger partial charge in [0.1, 0.15) is 12.4 Å². The van der Waals surface area contributed by atoms with E-state index in [0.717, 1.165) is 19.2 Å². The second-order valence-corrected chi connectivity index (χ2v) is 7.10. The fourth-order valence-corrected chi connectivity index (χ4v) is 3.37. The first-order valence-corrected chi connectivity index (χ1v) is 9.19. The van der Waals surface area contributed by atoms with Gasteiger partial charge in [0.05, 0.1) is 30.4 Å². The summed E-state index contributed by atoms with van der Waals surface area (Å²) in [6.07, 6.45) is 1.32. The predicted octanol–water partition coefficient (Wildman–Crippen LogP) is 1.01. The highest BCUT2D eigenvalue weighted by atomic mass is 19.1. The van der Waals surface area contributed by atoms with E-state index in [1.807, 2.05) is 0 Å². The summed E-state index contributed by atoms with van der Waals surface area (Å²) < 4.78 is 20.0. The third-order valence-electron chi connectivity index (χ3n) is 4.89. The smallest absolute Gasteiger partial charge is 0.261 e. The van der Waals surface area contributed by atoms with Crippen molar-refractivity contribution in [3.05, 3.63) is 40.7 Å². The molecule has 7 nitrogen and oxygen atoms in total. The van der Waals surface area contributed by atoms with Gasteiger partial charge in [-0.25, -0.2) is 9.37 Å². The highest BCUT2D eigenvalue weighted by Gasteiger charge is 2.24. The van der Waals surface area contributed by atoms with Gasteiger partial charge in [0.2, 0.25) is 5.91 Å². The summed E-state index contributed by atoms with van der Waals surface area (Å²) in [5.41, 5.74) is -0.0199. The minimum atomic E-state index is -0.506. The zero-order valence-electron chi connectivity index (χ0n) is 15.7. The monoisotopic (exact) mass is 376 g/mol. The number of hydrogen-bond acceptors (Lipinski definition) is 5. The number of halogens is 1. The van der Waals surface area contributed by atoms with E-state index in [1.54, 1.807) is 0 Å². The molecular weight excluding hydrogens is 351 g/mol. The molecule has 1 fully saturated rings. The van der Waals surface area contributed by atoms with Gasteiger partial charge in [0, 0.05) is 25.7 Å². The van der Waals surface area contributed by atoms with Crippen LogP contribution < -0.4 is 10.9 Å². The number of aromatic nitrogens is 2. The number of carbonyl (C=O) groups is 1. The number of amides is 1. The summed E-state index contributed by atoms with van der Waals surface area (Å²) in [7, 11) is 0. The first-order chi connectivity index (χ1) is 13.0. The van der Waals surface area contributed by atoms with Crippen molar-refractivity contribution in [2.45, 2.75) is 26.4 Å². The Morgan fingerprint density at radius 2 is 2.07 bits per heavy atom. The number of rotatable bonds is 6. The molecule has 1 aromatic heterocycles. The fraction of sp³-hybridized carbons (Fsp3) is 0.526. The lowest BCUT2D eigenvalue weighted by molar-refractivity contribution is -0.122. The molecular formula is C19H25FN4O3. The van der Waals surface area contributed by atoms with Crippen LogP contribution in [-0.2, 0) is 16.1 Å². The first kappa shape index (κ1) is 19.4. The Balaban J connectivity index is 1.65. The Labute approximate surface area is 157 Å². The zero-order chi connectivity index (χ0) is 19.4. The molecule has 1 N–H and O–H groups in total. The number of nitrogens with one attached hydrogen (secondary N) is 1. The van der Waals surface area contributed by atoms with Gasteiger partial charge in [0.25, 0.3) is 5.56 Å². The number of fused-ring (bicyclic) bond motifs is 1. The van der Waals surface area contributed by atoms with Crippen LogP contribution in [0, 0.1) is 11.7 Å². The lowest BCUT2D eigenvalue weighted by atomic mass is 10.0. The van der Waals surface area contributed by atoms with Crippen LogP contribution in [0.4, 0.5) is 4.39 Å². The van der Waals surface area contributed by atoms with Gasteiger partial charge in [-0.15, -0.1) is 0 Å². The highest BCUT2D eigenvalue weighted by molar-refractivity contribution is 5.79. The van der Waals surface area contributed by atoms with Crippen molar-refractivity contribution in [1.29, 1.82) is 0 Å². The van der Waals surface area contributed by atoms with Gasteiger partial charge in [-0.2, -0.15) is 0 Å². The molecule has 2 heterocycles. The van der Waals surface area contributed by atoms with Gasteiger partial charge in [-0.1, -0.05) is 13.8 Å². The molecule has 0 bridgehead atoms. The summed E-state index contributed by atoms with van der Waals surface area (Å²) in [6.45, 7) is 7.69. The Bertz CT molecular complexity index is 862. The zero-order valence-corrected chi connectivity index (χ0v) is 15.7. The van der Waals surface area contributed by atoms with Gasteiger partial charge >= 0.3 is 0 Å². The molecule has 0 saturated carbocycles. The minimum absolute atomic E-state index is 0.147. The Kier molecular flexibility index (Phi) is 6.18. The van der Waals surface area contributed by atoms with Crippen molar-refractivity contribution in [1.82, 2.24) is 19.8 Å². The van der Waals surface area contributed by atoms with Crippen LogP contribution in [0.5, 0.6) is 0 Å². The second-order valence-electron chi connectivity index (χ2n) is 7.10. The maximum absolute atomic E-state index is 13.4. The fourth-order valence-electron chi connectivity index (χ4n) is 3.37. The normalized spacial score (nSPS) is 16.6. The number of nitrogens with zero attached hydrogens (tertiary/aromatic N) is 3. The van der Waals surface area contributed by atoms with E-state index in [0.29, 0.717) is 31.2 Å². The van der Waals surface area contributed by atoms with E-state index < -0.39 is 11.4 Å². The lowest BCUT2D eigenvalue weighted by Crippen LogP contribution is -2.51. The van der Waals surface area contributed by atoms with E-state index in [9.17, 15) is 14.0 Å². The van der Waals surface area contributed by atoms with Crippen LogP contribution in [0.1, 0.15) is 13.8 Å². The number of hydrogen-bond donors (Lipinski definition) is 1. The maximum atomic E-state index is 13.4.